The van der Waals surface area contributed by atoms with Crippen LogP contribution in [0.3, 0.4) is 0 Å². The number of ether oxygens (including phenoxy) is 2. The molecule has 2 fully saturated rings. The van der Waals surface area contributed by atoms with Gasteiger partial charge in [-0.3, -0.25) is 0 Å². The van der Waals surface area contributed by atoms with Gasteiger partial charge in [0.15, 0.2) is 11.5 Å². The number of para-hydroxylation sites is 2. The molecule has 1 aromatic heterocycles. The summed E-state index contributed by atoms with van der Waals surface area (Å²) in [5, 5.41) is 3.74. The molecule has 1 N–H and O–H groups in total. The molecule has 2 aromatic rings. The Balaban J connectivity index is 1.58. The Morgan fingerprint density at radius 3 is 2.28 bits per heavy atom. The molecule has 3 aliphatic rings. The quantitative estimate of drug-likeness (QED) is 0.708. The van der Waals surface area contributed by atoms with Crippen LogP contribution in [0.1, 0.15) is 38.5 Å². The van der Waals surface area contributed by atoms with Crippen LogP contribution in [0.2, 0.25) is 0 Å². The standard InChI is InChI=1S/C20H21BrN2O2/c21-17-10-3-11-18(22-17)23-19-12-4-6-14(7-5-13-19)20(19)24-15-8-1-2-9-16(15)25-20/h1-3,8-11,14H,4-7,12-13H2,(H,22,23). The summed E-state index contributed by atoms with van der Waals surface area (Å²) in [6, 6.07) is 14.0. The first-order chi connectivity index (χ1) is 12.2. The molecule has 0 radical (unpaired) electrons. The Labute approximate surface area is 156 Å². The van der Waals surface area contributed by atoms with Crippen LogP contribution < -0.4 is 14.8 Å². The largest absolute Gasteiger partial charge is 0.446 e. The molecular weight excluding hydrogens is 380 g/mol. The van der Waals surface area contributed by atoms with Gasteiger partial charge >= 0.3 is 0 Å². The fraction of sp³-hybridized carbons (Fsp3) is 0.450. The minimum atomic E-state index is -0.628. The molecule has 2 heterocycles. The molecule has 4 nitrogen and oxygen atoms in total. The maximum atomic E-state index is 6.58. The van der Waals surface area contributed by atoms with Crippen molar-refractivity contribution in [1.29, 1.82) is 0 Å². The molecule has 130 valence electrons. The molecule has 0 unspecified atom stereocenters. The van der Waals surface area contributed by atoms with Crippen molar-refractivity contribution in [1.82, 2.24) is 4.98 Å². The fourth-order valence-electron chi connectivity index (χ4n) is 4.95. The second-order valence-corrected chi connectivity index (χ2v) is 8.16. The molecule has 1 spiro atoms. The van der Waals surface area contributed by atoms with E-state index in [-0.39, 0.29) is 5.54 Å². The highest BCUT2D eigenvalue weighted by atomic mass is 79.9. The molecule has 0 atom stereocenters. The van der Waals surface area contributed by atoms with Crippen molar-refractivity contribution in [3.63, 3.8) is 0 Å². The van der Waals surface area contributed by atoms with Gasteiger partial charge in [-0.25, -0.2) is 4.98 Å². The molecule has 0 saturated heterocycles. The first-order valence-electron chi connectivity index (χ1n) is 9.09. The monoisotopic (exact) mass is 400 g/mol. The summed E-state index contributed by atoms with van der Waals surface area (Å²) in [4.78, 5) is 4.61. The summed E-state index contributed by atoms with van der Waals surface area (Å²) in [7, 11) is 0. The third-order valence-corrected chi connectivity index (χ3v) is 6.41. The van der Waals surface area contributed by atoms with Gasteiger partial charge < -0.3 is 14.8 Å². The van der Waals surface area contributed by atoms with E-state index in [1.54, 1.807) is 0 Å². The second kappa shape index (κ2) is 5.63. The fourth-order valence-corrected chi connectivity index (χ4v) is 5.30. The number of pyridine rings is 1. The molecule has 25 heavy (non-hydrogen) atoms. The number of aromatic nitrogens is 1. The van der Waals surface area contributed by atoms with Gasteiger partial charge in [0.1, 0.15) is 16.0 Å². The first-order valence-corrected chi connectivity index (χ1v) is 9.88. The third-order valence-electron chi connectivity index (χ3n) is 5.97. The minimum Gasteiger partial charge on any atom is -0.446 e. The molecule has 1 aliphatic heterocycles. The number of hydrogen-bond donors (Lipinski definition) is 1. The van der Waals surface area contributed by atoms with E-state index in [4.69, 9.17) is 9.47 Å². The van der Waals surface area contributed by atoms with Crippen LogP contribution in [-0.2, 0) is 0 Å². The average Bonchev–Trinajstić information content (AvgIpc) is 2.96. The van der Waals surface area contributed by atoms with E-state index in [0.29, 0.717) is 5.92 Å². The Hall–Kier alpha value is -1.75. The van der Waals surface area contributed by atoms with E-state index < -0.39 is 5.79 Å². The number of hydrogen-bond acceptors (Lipinski definition) is 4. The van der Waals surface area contributed by atoms with Crippen LogP contribution in [0.4, 0.5) is 5.82 Å². The van der Waals surface area contributed by atoms with Gasteiger partial charge in [-0.2, -0.15) is 0 Å². The van der Waals surface area contributed by atoms with Crippen LogP contribution in [0.25, 0.3) is 0 Å². The van der Waals surface area contributed by atoms with E-state index in [9.17, 15) is 0 Å². The van der Waals surface area contributed by atoms with Crippen LogP contribution in [0.15, 0.2) is 47.1 Å². The molecule has 0 amide bonds. The normalized spacial score (nSPS) is 28.8. The zero-order valence-electron chi connectivity index (χ0n) is 14.0. The highest BCUT2D eigenvalue weighted by molar-refractivity contribution is 9.10. The summed E-state index contributed by atoms with van der Waals surface area (Å²) in [5.74, 6) is 2.38. The predicted octanol–water partition coefficient (Wildman–Crippen LogP) is 5.15. The number of nitrogens with one attached hydrogen (secondary N) is 1. The number of fused-ring (bicyclic) bond motifs is 1. The molecular formula is C20H21BrN2O2. The summed E-state index contributed by atoms with van der Waals surface area (Å²) in [5.41, 5.74) is -0.249. The zero-order valence-corrected chi connectivity index (χ0v) is 15.6. The van der Waals surface area contributed by atoms with E-state index in [1.807, 2.05) is 42.5 Å². The number of anilines is 1. The number of benzene rings is 1. The zero-order chi connectivity index (χ0) is 16.9. The van der Waals surface area contributed by atoms with Crippen molar-refractivity contribution >= 4 is 21.7 Å². The van der Waals surface area contributed by atoms with Gasteiger partial charge in [-0.15, -0.1) is 0 Å². The summed E-state index contributed by atoms with van der Waals surface area (Å²) < 4.78 is 14.0. The van der Waals surface area contributed by atoms with Crippen LogP contribution >= 0.6 is 15.9 Å². The number of rotatable bonds is 2. The van der Waals surface area contributed by atoms with Gasteiger partial charge in [-0.05, 0) is 65.9 Å². The topological polar surface area (TPSA) is 43.4 Å². The number of halogens is 1. The highest BCUT2D eigenvalue weighted by Crippen LogP contribution is 2.58. The lowest BCUT2D eigenvalue weighted by molar-refractivity contribution is -0.208. The smallest absolute Gasteiger partial charge is 0.277 e. The van der Waals surface area contributed by atoms with Gasteiger partial charge in [-0.1, -0.05) is 31.0 Å². The Morgan fingerprint density at radius 2 is 1.64 bits per heavy atom. The third kappa shape index (κ3) is 2.28. The SMILES string of the molecule is Brc1cccc(NC23CCCC(CCC2)C32Oc3ccccc3O2)n1. The Bertz CT molecular complexity index is 775. The van der Waals surface area contributed by atoms with E-state index in [1.165, 1.54) is 12.8 Å². The molecule has 5 rings (SSSR count). The maximum Gasteiger partial charge on any atom is 0.277 e. The lowest BCUT2D eigenvalue weighted by Gasteiger charge is -2.56. The van der Waals surface area contributed by atoms with E-state index >= 15 is 0 Å². The van der Waals surface area contributed by atoms with Crippen LogP contribution in [-0.4, -0.2) is 16.3 Å². The van der Waals surface area contributed by atoms with Gasteiger partial charge in [0.05, 0.1) is 0 Å². The van der Waals surface area contributed by atoms with Crippen molar-refractivity contribution in [3.05, 3.63) is 47.1 Å². The van der Waals surface area contributed by atoms with Gasteiger partial charge in [0, 0.05) is 5.92 Å². The first kappa shape index (κ1) is 15.5. The van der Waals surface area contributed by atoms with Crippen LogP contribution in [0.5, 0.6) is 11.5 Å². The second-order valence-electron chi connectivity index (χ2n) is 7.35. The summed E-state index contributed by atoms with van der Waals surface area (Å²) in [6.07, 6.45) is 6.76. The average molecular weight is 401 g/mol. The summed E-state index contributed by atoms with van der Waals surface area (Å²) >= 11 is 3.48. The van der Waals surface area contributed by atoms with Crippen LogP contribution in [0, 0.1) is 5.92 Å². The van der Waals surface area contributed by atoms with E-state index in [2.05, 4.69) is 26.2 Å². The molecule has 5 heteroatoms. The Morgan fingerprint density at radius 1 is 0.960 bits per heavy atom. The number of nitrogens with zero attached hydrogens (tertiary/aromatic N) is 1. The molecule has 2 aliphatic carbocycles. The molecule has 2 bridgehead atoms. The highest BCUT2D eigenvalue weighted by Gasteiger charge is 2.66. The van der Waals surface area contributed by atoms with E-state index in [0.717, 1.165) is 47.6 Å². The van der Waals surface area contributed by atoms with Crippen molar-refractivity contribution in [2.24, 2.45) is 5.92 Å². The van der Waals surface area contributed by atoms with Crippen molar-refractivity contribution in [2.75, 3.05) is 5.32 Å². The Kier molecular flexibility index (Phi) is 3.49. The minimum absolute atomic E-state index is 0.249. The maximum absolute atomic E-state index is 6.58. The van der Waals surface area contributed by atoms with Gasteiger partial charge in [0.25, 0.3) is 5.79 Å². The van der Waals surface area contributed by atoms with Crippen molar-refractivity contribution in [3.8, 4) is 11.5 Å². The van der Waals surface area contributed by atoms with Crippen molar-refractivity contribution < 1.29 is 9.47 Å². The lowest BCUT2D eigenvalue weighted by atomic mass is 9.62. The molecule has 1 aromatic carbocycles. The summed E-state index contributed by atoms with van der Waals surface area (Å²) in [6.45, 7) is 0. The molecule has 2 saturated carbocycles. The predicted molar refractivity (Wildman–Crippen MR) is 99.9 cm³/mol. The van der Waals surface area contributed by atoms with Crippen molar-refractivity contribution in [2.45, 2.75) is 49.9 Å². The lowest BCUT2D eigenvalue weighted by Crippen LogP contribution is -2.71. The van der Waals surface area contributed by atoms with Gasteiger partial charge in [0.2, 0.25) is 0 Å².